The largest absolute Gasteiger partial charge is 0.508 e. The zero-order valence-corrected chi connectivity index (χ0v) is 16.8. The summed E-state index contributed by atoms with van der Waals surface area (Å²) in [6, 6.07) is 6.61. The summed E-state index contributed by atoms with van der Waals surface area (Å²) in [7, 11) is 0. The second-order valence-corrected chi connectivity index (χ2v) is 7.78. The molecule has 3 heterocycles. The molecule has 1 aliphatic rings. The molecule has 3 aromatic heterocycles. The zero-order valence-electron chi connectivity index (χ0n) is 16.8. The Labute approximate surface area is 177 Å². The van der Waals surface area contributed by atoms with E-state index in [9.17, 15) is 14.3 Å². The molecule has 1 saturated carbocycles. The Morgan fingerprint density at radius 3 is 2.81 bits per heavy atom. The third-order valence-electron chi connectivity index (χ3n) is 5.42. The summed E-state index contributed by atoms with van der Waals surface area (Å²) in [5, 5.41) is 17.0. The molecule has 0 bridgehead atoms. The number of nitrogens with one attached hydrogen (secondary N) is 1. The number of aliphatic hydroxyl groups excluding tert-OH is 1. The van der Waals surface area contributed by atoms with Gasteiger partial charge in [0.1, 0.15) is 17.2 Å². The van der Waals surface area contributed by atoms with Crippen LogP contribution in [0.3, 0.4) is 0 Å². The number of carbonyl (C=O) groups excluding carboxylic acids is 1. The number of aryl methyl sites for hydroxylation is 1. The van der Waals surface area contributed by atoms with Gasteiger partial charge in [-0.05, 0) is 55.2 Å². The van der Waals surface area contributed by atoms with Crippen LogP contribution < -0.4 is 5.32 Å². The fourth-order valence-corrected chi connectivity index (χ4v) is 3.54. The van der Waals surface area contributed by atoms with Crippen molar-refractivity contribution in [3.8, 4) is 16.9 Å². The Bertz CT molecular complexity index is 1350. The van der Waals surface area contributed by atoms with Crippen LogP contribution in [0.25, 0.3) is 28.4 Å². The maximum atomic E-state index is 14.5. The normalized spacial score (nSPS) is 13.5. The van der Waals surface area contributed by atoms with Crippen LogP contribution in [0.1, 0.15) is 34.3 Å². The van der Waals surface area contributed by atoms with Gasteiger partial charge >= 0.3 is 0 Å². The first kappa shape index (κ1) is 19.0. The number of aromatic nitrogens is 4. The highest BCUT2D eigenvalue weighted by Gasteiger charge is 2.25. The number of hydrogen-bond acceptors (Lipinski definition) is 4. The Balaban J connectivity index is 1.54. The number of amides is 1. The number of carbonyl (C=O) groups is 1. The standard InChI is InChI=1S/C23H20FN5O2/c1-13-7-20(24)19(23(31)27-17-4-5-17)8-18(13)16-9-26-29(12-16)22-10-25-21-6-3-15(14(2)30)11-28(21)22/h3,6-12,17,30H,2,4-5H2,1H3,(H,27,31). The quantitative estimate of drug-likeness (QED) is 0.480. The Morgan fingerprint density at radius 1 is 1.26 bits per heavy atom. The average Bonchev–Trinajstić information content (AvgIpc) is 3.24. The summed E-state index contributed by atoms with van der Waals surface area (Å²) in [5.74, 6) is -0.310. The molecule has 1 aliphatic carbocycles. The summed E-state index contributed by atoms with van der Waals surface area (Å²) in [5.41, 5.74) is 3.47. The van der Waals surface area contributed by atoms with Crippen LogP contribution in [0.5, 0.6) is 0 Å². The predicted octanol–water partition coefficient (Wildman–Crippen LogP) is 4.06. The van der Waals surface area contributed by atoms with Gasteiger partial charge in [0.15, 0.2) is 5.82 Å². The fourth-order valence-electron chi connectivity index (χ4n) is 3.54. The van der Waals surface area contributed by atoms with E-state index in [4.69, 9.17) is 0 Å². The number of nitrogens with zero attached hydrogens (tertiary/aromatic N) is 4. The highest BCUT2D eigenvalue weighted by Crippen LogP contribution is 2.28. The maximum Gasteiger partial charge on any atom is 0.254 e. The number of imidazole rings is 1. The molecule has 1 amide bonds. The monoisotopic (exact) mass is 417 g/mol. The molecule has 0 radical (unpaired) electrons. The minimum Gasteiger partial charge on any atom is -0.508 e. The number of pyridine rings is 1. The highest BCUT2D eigenvalue weighted by molar-refractivity contribution is 5.96. The molecule has 31 heavy (non-hydrogen) atoms. The minimum absolute atomic E-state index is 0.0288. The lowest BCUT2D eigenvalue weighted by atomic mass is 9.99. The Kier molecular flexibility index (Phi) is 4.35. The minimum atomic E-state index is -0.537. The van der Waals surface area contributed by atoms with E-state index in [0.29, 0.717) is 22.6 Å². The van der Waals surface area contributed by atoms with E-state index in [0.717, 1.165) is 24.0 Å². The number of hydrogen-bond donors (Lipinski definition) is 2. The Hall–Kier alpha value is -3.94. The van der Waals surface area contributed by atoms with Crippen molar-refractivity contribution in [2.75, 3.05) is 0 Å². The number of aliphatic hydroxyl groups is 1. The van der Waals surface area contributed by atoms with Crippen molar-refractivity contribution in [3.05, 3.63) is 78.1 Å². The van der Waals surface area contributed by atoms with Gasteiger partial charge in [-0.2, -0.15) is 5.10 Å². The van der Waals surface area contributed by atoms with Crippen LogP contribution in [0.2, 0.25) is 0 Å². The van der Waals surface area contributed by atoms with Crippen molar-refractivity contribution in [1.82, 2.24) is 24.5 Å². The number of benzene rings is 1. The van der Waals surface area contributed by atoms with E-state index < -0.39 is 11.7 Å². The summed E-state index contributed by atoms with van der Waals surface area (Å²) < 4.78 is 17.9. The van der Waals surface area contributed by atoms with Crippen LogP contribution in [0.15, 0.2) is 55.6 Å². The van der Waals surface area contributed by atoms with Crippen molar-refractivity contribution in [2.24, 2.45) is 0 Å². The van der Waals surface area contributed by atoms with Gasteiger partial charge in [-0.1, -0.05) is 6.58 Å². The maximum absolute atomic E-state index is 14.5. The third-order valence-corrected chi connectivity index (χ3v) is 5.42. The fraction of sp³-hybridized carbons (Fsp3) is 0.174. The molecule has 0 aliphatic heterocycles. The highest BCUT2D eigenvalue weighted by atomic mass is 19.1. The molecule has 0 atom stereocenters. The van der Waals surface area contributed by atoms with Gasteiger partial charge in [-0.25, -0.2) is 14.1 Å². The van der Waals surface area contributed by atoms with Gasteiger partial charge in [-0.15, -0.1) is 0 Å². The first-order chi connectivity index (χ1) is 14.9. The zero-order chi connectivity index (χ0) is 21.7. The topological polar surface area (TPSA) is 84.5 Å². The van der Waals surface area contributed by atoms with Crippen LogP contribution in [0.4, 0.5) is 4.39 Å². The average molecular weight is 417 g/mol. The van der Waals surface area contributed by atoms with E-state index in [2.05, 4.69) is 22.0 Å². The second kappa shape index (κ2) is 7.09. The molecule has 0 unspecified atom stereocenters. The van der Waals surface area contributed by atoms with Gasteiger partial charge in [0, 0.05) is 29.6 Å². The Morgan fingerprint density at radius 2 is 2.06 bits per heavy atom. The third kappa shape index (κ3) is 3.46. The molecule has 0 spiro atoms. The van der Waals surface area contributed by atoms with Gasteiger partial charge in [0.05, 0.1) is 18.0 Å². The van der Waals surface area contributed by atoms with E-state index in [-0.39, 0.29) is 17.4 Å². The summed E-state index contributed by atoms with van der Waals surface area (Å²) in [6.45, 7) is 5.36. The number of fused-ring (bicyclic) bond motifs is 1. The molecule has 8 heteroatoms. The van der Waals surface area contributed by atoms with E-state index in [1.54, 1.807) is 59.0 Å². The summed E-state index contributed by atoms with van der Waals surface area (Å²) in [6.07, 6.45) is 8.73. The van der Waals surface area contributed by atoms with Crippen molar-refractivity contribution in [3.63, 3.8) is 0 Å². The van der Waals surface area contributed by atoms with Crippen LogP contribution in [-0.2, 0) is 0 Å². The molecule has 5 rings (SSSR count). The predicted molar refractivity (Wildman–Crippen MR) is 115 cm³/mol. The first-order valence-corrected chi connectivity index (χ1v) is 9.92. The van der Waals surface area contributed by atoms with Gasteiger partial charge in [0.2, 0.25) is 0 Å². The summed E-state index contributed by atoms with van der Waals surface area (Å²) in [4.78, 5) is 16.8. The van der Waals surface area contributed by atoms with Crippen LogP contribution >= 0.6 is 0 Å². The molecular formula is C23H20FN5O2. The number of rotatable bonds is 5. The van der Waals surface area contributed by atoms with Gasteiger partial charge in [-0.3, -0.25) is 9.20 Å². The van der Waals surface area contributed by atoms with Gasteiger partial charge in [0.25, 0.3) is 5.91 Å². The number of halogens is 1. The first-order valence-electron chi connectivity index (χ1n) is 9.92. The van der Waals surface area contributed by atoms with Crippen molar-refractivity contribution in [2.45, 2.75) is 25.8 Å². The van der Waals surface area contributed by atoms with Gasteiger partial charge < -0.3 is 10.4 Å². The molecule has 7 nitrogen and oxygen atoms in total. The lowest BCUT2D eigenvalue weighted by Crippen LogP contribution is -2.26. The molecule has 2 N–H and O–H groups in total. The second-order valence-electron chi connectivity index (χ2n) is 7.78. The molecule has 1 fully saturated rings. The van der Waals surface area contributed by atoms with Crippen molar-refractivity contribution >= 4 is 17.3 Å². The molecule has 1 aromatic carbocycles. The molecule has 4 aromatic rings. The molecule has 156 valence electrons. The van der Waals surface area contributed by atoms with E-state index in [1.165, 1.54) is 6.07 Å². The summed E-state index contributed by atoms with van der Waals surface area (Å²) >= 11 is 0. The lowest BCUT2D eigenvalue weighted by Gasteiger charge is -2.09. The van der Waals surface area contributed by atoms with Crippen LogP contribution in [0, 0.1) is 12.7 Å². The van der Waals surface area contributed by atoms with Crippen molar-refractivity contribution < 1.29 is 14.3 Å². The lowest BCUT2D eigenvalue weighted by molar-refractivity contribution is 0.0947. The van der Waals surface area contributed by atoms with E-state index >= 15 is 0 Å². The smallest absolute Gasteiger partial charge is 0.254 e. The molecule has 0 saturated heterocycles. The van der Waals surface area contributed by atoms with Crippen LogP contribution in [-0.4, -0.2) is 36.2 Å². The van der Waals surface area contributed by atoms with Crippen molar-refractivity contribution in [1.29, 1.82) is 0 Å². The molecular weight excluding hydrogens is 397 g/mol. The SMILES string of the molecule is C=C(O)c1ccc2ncc(-n3cc(-c4cc(C(=O)NC5CC5)c(F)cc4C)cn3)n2c1. The van der Waals surface area contributed by atoms with E-state index in [1.807, 2.05) is 0 Å².